The topological polar surface area (TPSA) is 38.0 Å². The first-order chi connectivity index (χ1) is 7.63. The van der Waals surface area contributed by atoms with Gasteiger partial charge in [-0.05, 0) is 30.0 Å². The molecular weight excluding hydrogens is 264 g/mol. The van der Waals surface area contributed by atoms with E-state index in [1.54, 1.807) is 0 Å². The van der Waals surface area contributed by atoms with Crippen LogP contribution in [0.3, 0.4) is 0 Å². The molecule has 0 saturated heterocycles. The molecule has 0 radical (unpaired) electrons. The van der Waals surface area contributed by atoms with Crippen LogP contribution in [0, 0.1) is 12.8 Å². The highest BCUT2D eigenvalue weighted by molar-refractivity contribution is 9.10. The van der Waals surface area contributed by atoms with Crippen molar-refractivity contribution in [1.29, 1.82) is 0 Å². The third kappa shape index (κ3) is 3.06. The van der Waals surface area contributed by atoms with Gasteiger partial charge in [0.2, 0.25) is 0 Å². The number of aryl methyl sites for hydroxylation is 1. The molecule has 0 aliphatic heterocycles. The zero-order chi connectivity index (χ0) is 12.1. The summed E-state index contributed by atoms with van der Waals surface area (Å²) in [5.41, 5.74) is 5.46. The number of nitrogens with one attached hydrogen (secondary N) is 1. The number of hydrogen-bond donors (Lipinski definition) is 2. The maximum atomic E-state index is 5.68. The summed E-state index contributed by atoms with van der Waals surface area (Å²) in [4.78, 5) is 0. The first-order valence-corrected chi connectivity index (χ1v) is 6.65. The highest BCUT2D eigenvalue weighted by Crippen LogP contribution is 2.29. The summed E-state index contributed by atoms with van der Waals surface area (Å²) in [5, 5.41) is 0. The Hall–Kier alpha value is -0.380. The highest BCUT2D eigenvalue weighted by Gasteiger charge is 2.19. The lowest BCUT2D eigenvalue weighted by Gasteiger charge is -2.25. The van der Waals surface area contributed by atoms with E-state index < -0.39 is 0 Å². The Morgan fingerprint density at radius 1 is 1.31 bits per heavy atom. The molecular formula is C13H21BrN2. The Labute approximate surface area is 107 Å². The molecule has 0 bridgehead atoms. The van der Waals surface area contributed by atoms with Crippen LogP contribution >= 0.6 is 15.9 Å². The fourth-order valence-electron chi connectivity index (χ4n) is 2.07. The number of hydrazine groups is 1. The van der Waals surface area contributed by atoms with E-state index in [0.29, 0.717) is 5.92 Å². The third-order valence-electron chi connectivity index (χ3n) is 3.25. The van der Waals surface area contributed by atoms with Crippen molar-refractivity contribution in [3.8, 4) is 0 Å². The van der Waals surface area contributed by atoms with Crippen LogP contribution in [0.15, 0.2) is 22.7 Å². The number of benzene rings is 1. The van der Waals surface area contributed by atoms with E-state index in [-0.39, 0.29) is 6.04 Å². The van der Waals surface area contributed by atoms with E-state index in [0.717, 1.165) is 17.3 Å². The van der Waals surface area contributed by atoms with E-state index in [1.165, 1.54) is 11.1 Å². The van der Waals surface area contributed by atoms with Gasteiger partial charge in [-0.2, -0.15) is 0 Å². The Balaban J connectivity index is 2.98. The molecule has 1 unspecified atom stereocenters. The smallest absolute Gasteiger partial charge is 0.0488 e. The Morgan fingerprint density at radius 3 is 2.38 bits per heavy atom. The van der Waals surface area contributed by atoms with Crippen molar-refractivity contribution in [2.45, 2.75) is 39.7 Å². The van der Waals surface area contributed by atoms with Gasteiger partial charge in [-0.25, -0.2) is 0 Å². The molecule has 90 valence electrons. The van der Waals surface area contributed by atoms with Crippen molar-refractivity contribution in [3.05, 3.63) is 33.8 Å². The lowest BCUT2D eigenvalue weighted by molar-refractivity contribution is 0.345. The van der Waals surface area contributed by atoms with Gasteiger partial charge in [-0.3, -0.25) is 11.3 Å². The monoisotopic (exact) mass is 284 g/mol. The minimum Gasteiger partial charge on any atom is -0.271 e. The number of halogens is 1. The summed E-state index contributed by atoms with van der Waals surface area (Å²) >= 11 is 3.57. The number of hydrogen-bond acceptors (Lipinski definition) is 2. The maximum absolute atomic E-state index is 5.68. The summed E-state index contributed by atoms with van der Waals surface area (Å²) in [6, 6.07) is 6.69. The third-order valence-corrected chi connectivity index (χ3v) is 4.11. The van der Waals surface area contributed by atoms with E-state index in [4.69, 9.17) is 5.84 Å². The average Bonchev–Trinajstić information content (AvgIpc) is 2.29. The molecule has 16 heavy (non-hydrogen) atoms. The first kappa shape index (κ1) is 13.7. The fraction of sp³-hybridized carbons (Fsp3) is 0.538. The van der Waals surface area contributed by atoms with E-state index in [1.807, 2.05) is 0 Å². The zero-order valence-electron chi connectivity index (χ0n) is 10.3. The largest absolute Gasteiger partial charge is 0.271 e. The van der Waals surface area contributed by atoms with Gasteiger partial charge in [-0.1, -0.05) is 54.8 Å². The van der Waals surface area contributed by atoms with Gasteiger partial charge in [0, 0.05) is 10.5 Å². The second-order valence-electron chi connectivity index (χ2n) is 4.23. The molecule has 1 aromatic carbocycles. The molecule has 0 amide bonds. The van der Waals surface area contributed by atoms with Crippen LogP contribution in [0.2, 0.25) is 0 Å². The molecule has 0 aliphatic rings. The zero-order valence-corrected chi connectivity index (χ0v) is 11.8. The number of nitrogens with two attached hydrogens (primary N) is 1. The second-order valence-corrected chi connectivity index (χ2v) is 5.08. The van der Waals surface area contributed by atoms with Gasteiger partial charge >= 0.3 is 0 Å². The molecule has 1 rings (SSSR count). The molecule has 2 nitrogen and oxygen atoms in total. The van der Waals surface area contributed by atoms with Gasteiger partial charge in [-0.15, -0.1) is 0 Å². The molecule has 0 aromatic heterocycles. The summed E-state index contributed by atoms with van der Waals surface area (Å²) in [6.07, 6.45) is 2.27. The Bertz CT molecular complexity index is 335. The summed E-state index contributed by atoms with van der Waals surface area (Å²) < 4.78 is 1.15. The quantitative estimate of drug-likeness (QED) is 0.639. The minimum atomic E-state index is 0.242. The van der Waals surface area contributed by atoms with Gasteiger partial charge < -0.3 is 0 Å². The van der Waals surface area contributed by atoms with E-state index >= 15 is 0 Å². The normalized spacial score (nSPS) is 13.1. The predicted octanol–water partition coefficient (Wildman–Crippen LogP) is 3.70. The lowest BCUT2D eigenvalue weighted by Crippen LogP contribution is -2.33. The maximum Gasteiger partial charge on any atom is 0.0488 e. The van der Waals surface area contributed by atoms with Crippen molar-refractivity contribution in [1.82, 2.24) is 5.43 Å². The van der Waals surface area contributed by atoms with Crippen molar-refractivity contribution in [3.63, 3.8) is 0 Å². The second kappa shape index (κ2) is 6.38. The SMILES string of the molecule is CCC(CC)C(NN)c1ccc(C)c(Br)c1. The molecule has 3 heteroatoms. The molecule has 1 atom stereocenters. The van der Waals surface area contributed by atoms with Crippen LogP contribution in [0.5, 0.6) is 0 Å². The van der Waals surface area contributed by atoms with Crippen molar-refractivity contribution in [2.24, 2.45) is 11.8 Å². The highest BCUT2D eigenvalue weighted by atomic mass is 79.9. The molecule has 0 fully saturated rings. The van der Waals surface area contributed by atoms with Crippen molar-refractivity contribution >= 4 is 15.9 Å². The van der Waals surface area contributed by atoms with Gasteiger partial charge in [0.15, 0.2) is 0 Å². The summed E-state index contributed by atoms with van der Waals surface area (Å²) in [7, 11) is 0. The molecule has 1 aromatic rings. The molecule has 0 heterocycles. The van der Waals surface area contributed by atoms with Crippen LogP contribution < -0.4 is 11.3 Å². The van der Waals surface area contributed by atoms with Crippen LogP contribution in [-0.2, 0) is 0 Å². The van der Waals surface area contributed by atoms with Crippen LogP contribution in [0.25, 0.3) is 0 Å². The van der Waals surface area contributed by atoms with E-state index in [2.05, 4.69) is 60.3 Å². The summed E-state index contributed by atoms with van der Waals surface area (Å²) in [5.74, 6) is 6.26. The van der Waals surface area contributed by atoms with Crippen LogP contribution in [0.4, 0.5) is 0 Å². The molecule has 3 N–H and O–H groups in total. The Kier molecular flexibility index (Phi) is 5.46. The molecule has 0 aliphatic carbocycles. The van der Waals surface area contributed by atoms with Gasteiger partial charge in [0.05, 0.1) is 0 Å². The van der Waals surface area contributed by atoms with Gasteiger partial charge in [0.1, 0.15) is 0 Å². The standard InChI is InChI=1S/C13H21BrN2/c1-4-10(5-2)13(16-15)11-7-6-9(3)12(14)8-11/h6-8,10,13,16H,4-5,15H2,1-3H3. The van der Waals surface area contributed by atoms with E-state index in [9.17, 15) is 0 Å². The first-order valence-electron chi connectivity index (χ1n) is 5.86. The fourth-order valence-corrected chi connectivity index (χ4v) is 2.46. The predicted molar refractivity (Wildman–Crippen MR) is 73.0 cm³/mol. The van der Waals surface area contributed by atoms with Crippen molar-refractivity contribution < 1.29 is 0 Å². The Morgan fingerprint density at radius 2 is 1.94 bits per heavy atom. The van der Waals surface area contributed by atoms with Crippen molar-refractivity contribution in [2.75, 3.05) is 0 Å². The van der Waals surface area contributed by atoms with Gasteiger partial charge in [0.25, 0.3) is 0 Å². The van der Waals surface area contributed by atoms with Crippen LogP contribution in [0.1, 0.15) is 43.9 Å². The molecule has 0 spiro atoms. The summed E-state index contributed by atoms with van der Waals surface area (Å²) in [6.45, 7) is 6.51. The number of rotatable bonds is 5. The minimum absolute atomic E-state index is 0.242. The van der Waals surface area contributed by atoms with Crippen LogP contribution in [-0.4, -0.2) is 0 Å². The average molecular weight is 285 g/mol. The lowest BCUT2D eigenvalue weighted by atomic mass is 9.89. The molecule has 0 saturated carbocycles.